The van der Waals surface area contributed by atoms with E-state index < -0.39 is 0 Å². The van der Waals surface area contributed by atoms with Gasteiger partial charge >= 0.3 is 0 Å². The van der Waals surface area contributed by atoms with E-state index in [0.717, 1.165) is 62.3 Å². The van der Waals surface area contributed by atoms with E-state index in [1.165, 1.54) is 95.5 Å². The first-order chi connectivity index (χ1) is 19.7. The fourth-order valence-corrected chi connectivity index (χ4v) is 6.07. The lowest BCUT2D eigenvalue weighted by Gasteiger charge is -2.35. The number of rotatable bonds is 20. The van der Waals surface area contributed by atoms with Crippen LogP contribution in [0, 0.1) is 22.7 Å². The third kappa shape index (κ3) is 11.6. The number of ether oxygens (including phenoxy) is 1. The molecule has 220 valence electrons. The van der Waals surface area contributed by atoms with E-state index in [9.17, 15) is 5.26 Å². The second-order valence-electron chi connectivity index (χ2n) is 12.3. The molecule has 0 unspecified atom stereocenters. The Morgan fingerprint density at radius 2 is 1.32 bits per heavy atom. The standard InChI is InChI=1S/C36H55N3O/c1-3-5-7-9-11-12-13-15-17-32-27-38-35(39-28-32)33-18-20-34(21-19-33)40-29-31-22-25-36(30-37,26-23-31)24-16-14-10-8-6-4-2/h18-21,27-28,31H,3-17,22-26,29H2,1-2H3/t31-,36-. The van der Waals surface area contributed by atoms with E-state index in [1.807, 2.05) is 24.5 Å². The number of aryl methyl sites for hydroxylation is 1. The minimum absolute atomic E-state index is 0.0909. The Kier molecular flexibility index (Phi) is 15.1. The summed E-state index contributed by atoms with van der Waals surface area (Å²) in [5.74, 6) is 2.22. The van der Waals surface area contributed by atoms with E-state index in [0.29, 0.717) is 5.92 Å². The van der Waals surface area contributed by atoms with Crippen molar-refractivity contribution >= 4 is 0 Å². The molecule has 40 heavy (non-hydrogen) atoms. The van der Waals surface area contributed by atoms with E-state index in [4.69, 9.17) is 4.74 Å². The maximum atomic E-state index is 9.91. The van der Waals surface area contributed by atoms with Gasteiger partial charge in [-0.25, -0.2) is 9.97 Å². The van der Waals surface area contributed by atoms with Gasteiger partial charge in [-0.2, -0.15) is 5.26 Å². The van der Waals surface area contributed by atoms with Gasteiger partial charge in [0, 0.05) is 18.0 Å². The summed E-state index contributed by atoms with van der Waals surface area (Å²) in [6.07, 6.45) is 28.9. The summed E-state index contributed by atoms with van der Waals surface area (Å²) in [4.78, 5) is 9.26. The molecule has 1 aliphatic carbocycles. The molecule has 1 fully saturated rings. The number of nitriles is 1. The first-order valence-electron chi connectivity index (χ1n) is 16.6. The number of aromatic nitrogens is 2. The molecule has 1 saturated carbocycles. The SMILES string of the molecule is CCCCCCCCCCc1cnc(-c2ccc(OC[C@H]3CC[C@@](C#N)(CCCCCCCC)CC3)cc2)nc1. The summed E-state index contributed by atoms with van der Waals surface area (Å²) in [6.45, 7) is 5.27. The minimum Gasteiger partial charge on any atom is -0.493 e. The van der Waals surface area contributed by atoms with Crippen LogP contribution >= 0.6 is 0 Å². The zero-order valence-electron chi connectivity index (χ0n) is 25.6. The zero-order valence-corrected chi connectivity index (χ0v) is 25.6. The molecule has 0 radical (unpaired) electrons. The van der Waals surface area contributed by atoms with Gasteiger partial charge in [-0.05, 0) is 80.7 Å². The molecule has 1 heterocycles. The molecule has 0 N–H and O–H groups in total. The zero-order chi connectivity index (χ0) is 28.3. The molecule has 4 nitrogen and oxygen atoms in total. The molecule has 0 amide bonds. The molecule has 0 atom stereocenters. The lowest BCUT2D eigenvalue weighted by molar-refractivity contribution is 0.144. The topological polar surface area (TPSA) is 58.8 Å². The third-order valence-electron chi connectivity index (χ3n) is 8.93. The molecular weight excluding hydrogens is 490 g/mol. The molecule has 0 aliphatic heterocycles. The Bertz CT molecular complexity index is 955. The summed E-state index contributed by atoms with van der Waals surface area (Å²) in [5, 5.41) is 9.91. The van der Waals surface area contributed by atoms with Crippen LogP contribution in [-0.4, -0.2) is 16.6 Å². The molecule has 1 aromatic heterocycles. The van der Waals surface area contributed by atoms with Gasteiger partial charge in [0.2, 0.25) is 0 Å². The van der Waals surface area contributed by atoms with Gasteiger partial charge < -0.3 is 4.74 Å². The van der Waals surface area contributed by atoms with Gasteiger partial charge in [-0.1, -0.05) is 97.3 Å². The summed E-state index contributed by atoms with van der Waals surface area (Å²) in [5.41, 5.74) is 2.17. The summed E-state index contributed by atoms with van der Waals surface area (Å²) < 4.78 is 6.16. The highest BCUT2D eigenvalue weighted by Gasteiger charge is 2.35. The van der Waals surface area contributed by atoms with Crippen molar-refractivity contribution < 1.29 is 4.74 Å². The highest BCUT2D eigenvalue weighted by Crippen LogP contribution is 2.42. The van der Waals surface area contributed by atoms with Crippen molar-refractivity contribution in [2.24, 2.45) is 11.3 Å². The number of benzene rings is 1. The third-order valence-corrected chi connectivity index (χ3v) is 8.93. The van der Waals surface area contributed by atoms with E-state index in [2.05, 4.69) is 42.0 Å². The van der Waals surface area contributed by atoms with Crippen molar-refractivity contribution in [3.63, 3.8) is 0 Å². The van der Waals surface area contributed by atoms with Crippen molar-refractivity contribution in [2.45, 2.75) is 142 Å². The minimum atomic E-state index is -0.0909. The molecule has 0 bridgehead atoms. The van der Waals surface area contributed by atoms with Crippen molar-refractivity contribution in [3.8, 4) is 23.2 Å². The monoisotopic (exact) mass is 545 g/mol. The highest BCUT2D eigenvalue weighted by atomic mass is 16.5. The van der Waals surface area contributed by atoms with Gasteiger partial charge in [0.15, 0.2) is 5.82 Å². The average molecular weight is 546 g/mol. The predicted molar refractivity (Wildman–Crippen MR) is 167 cm³/mol. The Hall–Kier alpha value is -2.41. The Morgan fingerprint density at radius 3 is 1.90 bits per heavy atom. The van der Waals surface area contributed by atoms with Crippen LogP contribution in [0.15, 0.2) is 36.7 Å². The smallest absolute Gasteiger partial charge is 0.159 e. The molecule has 3 rings (SSSR count). The van der Waals surface area contributed by atoms with Crippen molar-refractivity contribution in [3.05, 3.63) is 42.2 Å². The number of hydrogen-bond acceptors (Lipinski definition) is 4. The van der Waals surface area contributed by atoms with Gasteiger partial charge in [0.05, 0.1) is 18.1 Å². The highest BCUT2D eigenvalue weighted by molar-refractivity contribution is 5.55. The lowest BCUT2D eigenvalue weighted by atomic mass is 9.69. The van der Waals surface area contributed by atoms with Crippen molar-refractivity contribution in [1.82, 2.24) is 9.97 Å². The van der Waals surface area contributed by atoms with Gasteiger partial charge in [-0.15, -0.1) is 0 Å². The fourth-order valence-electron chi connectivity index (χ4n) is 6.07. The second kappa shape index (κ2) is 18.8. The van der Waals surface area contributed by atoms with Crippen LogP contribution in [-0.2, 0) is 6.42 Å². The summed E-state index contributed by atoms with van der Waals surface area (Å²) >= 11 is 0. The normalized spacial score (nSPS) is 18.9. The van der Waals surface area contributed by atoms with Gasteiger partial charge in [-0.3, -0.25) is 0 Å². The average Bonchev–Trinajstić information content (AvgIpc) is 3.00. The molecule has 0 spiro atoms. The number of nitrogens with zero attached hydrogens (tertiary/aromatic N) is 3. The van der Waals surface area contributed by atoms with E-state index in [-0.39, 0.29) is 5.41 Å². The second-order valence-corrected chi connectivity index (χ2v) is 12.3. The molecule has 4 heteroatoms. The van der Waals surface area contributed by atoms with Crippen LogP contribution in [0.1, 0.15) is 141 Å². The molecular formula is C36H55N3O. The van der Waals surface area contributed by atoms with E-state index in [1.54, 1.807) is 0 Å². The predicted octanol–water partition coefficient (Wildman–Crippen LogP) is 10.7. The van der Waals surface area contributed by atoms with Crippen molar-refractivity contribution in [1.29, 1.82) is 5.26 Å². The number of unbranched alkanes of at least 4 members (excludes halogenated alkanes) is 12. The van der Waals surface area contributed by atoms with Crippen LogP contribution < -0.4 is 4.74 Å². The number of hydrogen-bond donors (Lipinski definition) is 0. The van der Waals surface area contributed by atoms with Crippen LogP contribution in [0.2, 0.25) is 0 Å². The maximum absolute atomic E-state index is 9.91. The molecule has 1 aromatic carbocycles. The van der Waals surface area contributed by atoms with Gasteiger partial charge in [0.1, 0.15) is 5.75 Å². The molecule has 0 saturated heterocycles. The van der Waals surface area contributed by atoms with E-state index >= 15 is 0 Å². The molecule has 2 aromatic rings. The Balaban J connectivity index is 1.33. The summed E-state index contributed by atoms with van der Waals surface area (Å²) in [7, 11) is 0. The van der Waals surface area contributed by atoms with Gasteiger partial charge in [0.25, 0.3) is 0 Å². The van der Waals surface area contributed by atoms with Crippen LogP contribution in [0.25, 0.3) is 11.4 Å². The first kappa shape index (κ1) is 32.1. The first-order valence-corrected chi connectivity index (χ1v) is 16.6. The van der Waals surface area contributed by atoms with Crippen LogP contribution in [0.4, 0.5) is 0 Å². The Labute approximate surface area is 245 Å². The van der Waals surface area contributed by atoms with Crippen molar-refractivity contribution in [2.75, 3.05) is 6.61 Å². The van der Waals surface area contributed by atoms with Crippen LogP contribution in [0.5, 0.6) is 5.75 Å². The quantitative estimate of drug-likeness (QED) is 0.155. The summed E-state index contributed by atoms with van der Waals surface area (Å²) in [6, 6.07) is 10.9. The lowest BCUT2D eigenvalue weighted by Crippen LogP contribution is -2.28. The molecule has 1 aliphatic rings. The Morgan fingerprint density at radius 1 is 0.775 bits per heavy atom. The maximum Gasteiger partial charge on any atom is 0.159 e. The van der Waals surface area contributed by atoms with Crippen LogP contribution in [0.3, 0.4) is 0 Å². The largest absolute Gasteiger partial charge is 0.493 e. The fraction of sp³-hybridized carbons (Fsp3) is 0.694.